The summed E-state index contributed by atoms with van der Waals surface area (Å²) in [6.45, 7) is 1.49. The van der Waals surface area contributed by atoms with E-state index in [0.717, 1.165) is 27.4 Å². The number of carbonyl (C=O) groups is 1. The van der Waals surface area contributed by atoms with Gasteiger partial charge >= 0.3 is 0 Å². The summed E-state index contributed by atoms with van der Waals surface area (Å²) in [5, 5.41) is 8.05. The van der Waals surface area contributed by atoms with Gasteiger partial charge in [0.05, 0.1) is 23.2 Å². The van der Waals surface area contributed by atoms with E-state index >= 15 is 0 Å². The van der Waals surface area contributed by atoms with Crippen molar-refractivity contribution in [2.24, 2.45) is 5.10 Å². The van der Waals surface area contributed by atoms with Gasteiger partial charge in [0.25, 0.3) is 0 Å². The van der Waals surface area contributed by atoms with Crippen LogP contribution in [0.5, 0.6) is 0 Å². The van der Waals surface area contributed by atoms with E-state index in [1.165, 1.54) is 24.1 Å². The Hall–Kier alpha value is -4.26. The highest BCUT2D eigenvalue weighted by molar-refractivity contribution is 6.11. The van der Waals surface area contributed by atoms with Crippen molar-refractivity contribution >= 4 is 33.4 Å². The molecule has 0 aliphatic carbocycles. The van der Waals surface area contributed by atoms with E-state index in [9.17, 15) is 9.18 Å². The Kier molecular flexibility index (Phi) is 4.36. The lowest BCUT2D eigenvalue weighted by Gasteiger charge is -2.20. The first-order valence-electron chi connectivity index (χ1n) is 10.7. The zero-order valence-corrected chi connectivity index (χ0v) is 17.7. The summed E-state index contributed by atoms with van der Waals surface area (Å²) in [6, 6.07) is 19.6. The number of aromatic amines is 1. The Bertz CT molecular complexity index is 1530. The number of rotatable bonds is 3. The summed E-state index contributed by atoms with van der Waals surface area (Å²) in [5.74, 6) is 0.152. The summed E-state index contributed by atoms with van der Waals surface area (Å²) in [6.07, 6.45) is 2.07. The number of hydrogen-bond donors (Lipinski definition) is 1. The third-order valence-corrected chi connectivity index (χ3v) is 6.01. The second-order valence-electron chi connectivity index (χ2n) is 8.10. The van der Waals surface area contributed by atoms with E-state index in [0.29, 0.717) is 29.3 Å². The summed E-state index contributed by atoms with van der Waals surface area (Å²) in [7, 11) is 0. The second kappa shape index (κ2) is 7.41. The molecule has 7 heteroatoms. The number of hydrazone groups is 1. The number of carbonyl (C=O) groups excluding carboxylic acids is 1. The highest BCUT2D eigenvalue weighted by Gasteiger charge is 2.34. The van der Waals surface area contributed by atoms with Crippen LogP contribution in [0.1, 0.15) is 30.8 Å². The largest absolute Gasteiger partial charge is 0.463 e. The van der Waals surface area contributed by atoms with Crippen LogP contribution in [0, 0.1) is 5.82 Å². The van der Waals surface area contributed by atoms with Crippen LogP contribution < -0.4 is 0 Å². The summed E-state index contributed by atoms with van der Waals surface area (Å²) in [5.41, 5.74) is 4.75. The van der Waals surface area contributed by atoms with Crippen molar-refractivity contribution in [3.05, 3.63) is 90.3 Å². The van der Waals surface area contributed by atoms with Gasteiger partial charge in [0.2, 0.25) is 5.91 Å². The number of nitrogens with one attached hydrogen (secondary N) is 1. The molecule has 0 spiro atoms. The van der Waals surface area contributed by atoms with Gasteiger partial charge < -0.3 is 9.40 Å². The predicted octanol–water partition coefficient (Wildman–Crippen LogP) is 5.81. The number of benzene rings is 2. The van der Waals surface area contributed by atoms with Crippen LogP contribution in [0.4, 0.5) is 4.39 Å². The Morgan fingerprint density at radius 1 is 1.09 bits per heavy atom. The first-order valence-corrected chi connectivity index (χ1v) is 10.7. The molecule has 1 amide bonds. The van der Waals surface area contributed by atoms with Crippen LogP contribution in [0.3, 0.4) is 0 Å². The van der Waals surface area contributed by atoms with Crippen molar-refractivity contribution in [3.8, 4) is 11.3 Å². The van der Waals surface area contributed by atoms with Crippen molar-refractivity contribution in [3.63, 3.8) is 0 Å². The van der Waals surface area contributed by atoms with Gasteiger partial charge in [0.15, 0.2) is 0 Å². The first-order chi connectivity index (χ1) is 16.1. The average molecular weight is 438 g/mol. The minimum absolute atomic E-state index is 0.175. The summed E-state index contributed by atoms with van der Waals surface area (Å²) in [4.78, 5) is 20.9. The van der Waals surface area contributed by atoms with Gasteiger partial charge in [-0.2, -0.15) is 5.10 Å². The zero-order chi connectivity index (χ0) is 22.5. The third-order valence-electron chi connectivity index (χ3n) is 6.01. The molecule has 4 heterocycles. The zero-order valence-electron chi connectivity index (χ0n) is 17.7. The summed E-state index contributed by atoms with van der Waals surface area (Å²) >= 11 is 0. The van der Waals surface area contributed by atoms with Gasteiger partial charge in [0, 0.05) is 35.2 Å². The number of hydrogen-bond acceptors (Lipinski definition) is 4. The Morgan fingerprint density at radius 3 is 2.67 bits per heavy atom. The van der Waals surface area contributed by atoms with Crippen LogP contribution in [0.15, 0.2) is 82.5 Å². The molecule has 2 aromatic carbocycles. The Morgan fingerprint density at radius 2 is 1.91 bits per heavy atom. The highest BCUT2D eigenvalue weighted by Crippen LogP contribution is 2.38. The third kappa shape index (κ3) is 3.20. The smallest absolute Gasteiger partial charge is 0.240 e. The number of furan rings is 1. The molecule has 5 aromatic rings. The van der Waals surface area contributed by atoms with E-state index in [1.807, 2.05) is 30.3 Å². The first kappa shape index (κ1) is 19.4. The standard InChI is InChI=1S/C26H19FN4O2/c1-15(32)31-23(14-22(30-31)24-7-4-12-33-24)21-13-19-18-5-2-3-6-20(18)28-26(19)25(29-21)16-8-10-17(27)11-9-16/h2-13,23,28H,14H2,1H3. The van der Waals surface area contributed by atoms with Crippen molar-refractivity contribution < 1.29 is 13.6 Å². The topological polar surface area (TPSA) is 74.5 Å². The minimum Gasteiger partial charge on any atom is -0.463 e. The summed E-state index contributed by atoms with van der Waals surface area (Å²) < 4.78 is 19.1. The van der Waals surface area contributed by atoms with E-state index in [-0.39, 0.29) is 17.8 Å². The molecule has 0 saturated carbocycles. The van der Waals surface area contributed by atoms with Crippen molar-refractivity contribution in [1.82, 2.24) is 15.0 Å². The molecule has 6 nitrogen and oxygen atoms in total. The number of pyridine rings is 1. The Balaban J connectivity index is 1.56. The minimum atomic E-state index is -0.375. The second-order valence-corrected chi connectivity index (χ2v) is 8.10. The van der Waals surface area contributed by atoms with E-state index in [2.05, 4.69) is 16.2 Å². The number of amides is 1. The fraction of sp³-hybridized carbons (Fsp3) is 0.115. The molecule has 1 atom stereocenters. The molecule has 0 saturated heterocycles. The molecule has 1 unspecified atom stereocenters. The van der Waals surface area contributed by atoms with E-state index in [1.54, 1.807) is 24.5 Å². The lowest BCUT2D eigenvalue weighted by Crippen LogP contribution is -2.25. The molecule has 6 rings (SSSR count). The molecule has 1 aliphatic rings. The van der Waals surface area contributed by atoms with Crippen LogP contribution in [0.2, 0.25) is 0 Å². The van der Waals surface area contributed by atoms with Crippen LogP contribution in [-0.2, 0) is 4.79 Å². The van der Waals surface area contributed by atoms with E-state index < -0.39 is 0 Å². The van der Waals surface area contributed by atoms with Gasteiger partial charge in [-0.25, -0.2) is 14.4 Å². The molecule has 0 fully saturated rings. The van der Waals surface area contributed by atoms with Gasteiger partial charge in [0.1, 0.15) is 23.3 Å². The van der Waals surface area contributed by atoms with Crippen LogP contribution >= 0.6 is 0 Å². The maximum atomic E-state index is 13.6. The SMILES string of the molecule is CC(=O)N1N=C(c2ccco2)CC1c1cc2c([nH]c3ccccc32)c(-c2ccc(F)cc2)n1. The van der Waals surface area contributed by atoms with Crippen LogP contribution in [-0.4, -0.2) is 26.6 Å². The quantitative estimate of drug-likeness (QED) is 0.386. The van der Waals surface area contributed by atoms with Crippen molar-refractivity contribution in [2.75, 3.05) is 0 Å². The molecule has 1 aliphatic heterocycles. The average Bonchev–Trinajstić information content (AvgIpc) is 3.56. The molecule has 33 heavy (non-hydrogen) atoms. The molecule has 3 aromatic heterocycles. The predicted molar refractivity (Wildman–Crippen MR) is 124 cm³/mol. The fourth-order valence-corrected chi connectivity index (χ4v) is 4.48. The number of para-hydroxylation sites is 1. The Labute approximate surface area is 188 Å². The highest BCUT2D eigenvalue weighted by atomic mass is 19.1. The van der Waals surface area contributed by atoms with Gasteiger partial charge in [-0.3, -0.25) is 4.79 Å². The molecular weight excluding hydrogens is 419 g/mol. The van der Waals surface area contributed by atoms with Crippen molar-refractivity contribution in [2.45, 2.75) is 19.4 Å². The van der Waals surface area contributed by atoms with Gasteiger partial charge in [-0.15, -0.1) is 0 Å². The number of halogens is 1. The number of H-pyrrole nitrogens is 1. The fourth-order valence-electron chi connectivity index (χ4n) is 4.48. The maximum absolute atomic E-state index is 13.6. The van der Waals surface area contributed by atoms with Crippen LogP contribution in [0.25, 0.3) is 33.1 Å². The van der Waals surface area contributed by atoms with E-state index in [4.69, 9.17) is 9.40 Å². The number of fused-ring (bicyclic) bond motifs is 3. The maximum Gasteiger partial charge on any atom is 0.240 e. The number of nitrogens with zero attached hydrogens (tertiary/aromatic N) is 3. The lowest BCUT2D eigenvalue weighted by molar-refractivity contribution is -0.130. The monoisotopic (exact) mass is 438 g/mol. The molecule has 0 radical (unpaired) electrons. The lowest BCUT2D eigenvalue weighted by atomic mass is 10.0. The van der Waals surface area contributed by atoms with Gasteiger partial charge in [-0.05, 0) is 48.5 Å². The van der Waals surface area contributed by atoms with Crippen molar-refractivity contribution in [1.29, 1.82) is 0 Å². The number of aromatic nitrogens is 2. The van der Waals surface area contributed by atoms with Gasteiger partial charge in [-0.1, -0.05) is 18.2 Å². The molecule has 162 valence electrons. The molecule has 0 bridgehead atoms. The molecular formula is C26H19FN4O2. The normalized spacial score (nSPS) is 16.0. The molecule has 1 N–H and O–H groups in total.